The van der Waals surface area contributed by atoms with E-state index in [0.717, 1.165) is 16.7 Å². The first kappa shape index (κ1) is 33.7. The molecule has 0 saturated heterocycles. The van der Waals surface area contributed by atoms with E-state index in [1.54, 1.807) is 18.2 Å². The van der Waals surface area contributed by atoms with Gasteiger partial charge in [0.2, 0.25) is 17.7 Å². The van der Waals surface area contributed by atoms with Crippen molar-refractivity contribution in [3.63, 3.8) is 0 Å². The van der Waals surface area contributed by atoms with E-state index in [9.17, 15) is 19.2 Å². The molecular formula is C34H44N4O4. The van der Waals surface area contributed by atoms with Crippen molar-refractivity contribution in [1.29, 1.82) is 0 Å². The Morgan fingerprint density at radius 3 is 2.24 bits per heavy atom. The Balaban J connectivity index is 1.88. The maximum absolute atomic E-state index is 13.0. The van der Waals surface area contributed by atoms with Crippen LogP contribution in [-0.4, -0.2) is 48.3 Å². The zero-order valence-corrected chi connectivity index (χ0v) is 25.2. The highest BCUT2D eigenvalue weighted by Crippen LogP contribution is 2.20. The third-order valence-corrected chi connectivity index (χ3v) is 6.10. The molecule has 8 nitrogen and oxygen atoms in total. The molecule has 42 heavy (non-hydrogen) atoms. The average Bonchev–Trinajstić information content (AvgIpc) is 2.95. The molecule has 0 radical (unpaired) electrons. The van der Waals surface area contributed by atoms with Gasteiger partial charge in [-0.1, -0.05) is 78.9 Å². The van der Waals surface area contributed by atoms with Gasteiger partial charge in [0.1, 0.15) is 6.04 Å². The summed E-state index contributed by atoms with van der Waals surface area (Å²) in [5.74, 6) is -1.30. The van der Waals surface area contributed by atoms with Gasteiger partial charge in [0.15, 0.2) is 0 Å². The van der Waals surface area contributed by atoms with E-state index in [-0.39, 0.29) is 37.1 Å². The standard InChI is InChI=1S/C34H44N4O4/c1-6-7-9-14-25(2)19-20-30(39)37-29(24-31(40)38-34(3,4)5)33(42)36-22-13-21-35-32(41)28-18-12-17-27(23-28)26-15-10-8-11-16-26/h6-12,14-18,23,29H,1,13,19-22,24H2,2-5H3,(H,35,41)(H,36,42)(H,37,39)(H,38,40)/b9-7-,25-14+/t29-/m0/s1. The summed E-state index contributed by atoms with van der Waals surface area (Å²) >= 11 is 0. The van der Waals surface area contributed by atoms with Crippen molar-refractivity contribution < 1.29 is 19.2 Å². The van der Waals surface area contributed by atoms with Gasteiger partial charge in [0, 0.05) is 30.6 Å². The van der Waals surface area contributed by atoms with Crippen LogP contribution < -0.4 is 21.3 Å². The minimum Gasteiger partial charge on any atom is -0.354 e. The van der Waals surface area contributed by atoms with Crippen LogP contribution in [0, 0.1) is 0 Å². The molecule has 4 amide bonds. The van der Waals surface area contributed by atoms with E-state index in [0.29, 0.717) is 24.9 Å². The Morgan fingerprint density at radius 1 is 0.857 bits per heavy atom. The number of allylic oxidation sites excluding steroid dienone is 5. The molecule has 224 valence electrons. The first-order chi connectivity index (χ1) is 20.0. The van der Waals surface area contributed by atoms with Crippen molar-refractivity contribution in [3.05, 3.63) is 96.6 Å². The van der Waals surface area contributed by atoms with Crippen LogP contribution in [0.2, 0.25) is 0 Å². The van der Waals surface area contributed by atoms with E-state index >= 15 is 0 Å². The molecule has 2 aromatic rings. The molecule has 0 aliphatic heterocycles. The summed E-state index contributed by atoms with van der Waals surface area (Å²) in [5.41, 5.74) is 3.06. The van der Waals surface area contributed by atoms with Crippen LogP contribution in [0.1, 0.15) is 63.7 Å². The topological polar surface area (TPSA) is 116 Å². The molecule has 0 saturated carbocycles. The van der Waals surface area contributed by atoms with Crippen LogP contribution in [-0.2, 0) is 14.4 Å². The summed E-state index contributed by atoms with van der Waals surface area (Å²) in [7, 11) is 0. The van der Waals surface area contributed by atoms with Crippen molar-refractivity contribution in [2.75, 3.05) is 13.1 Å². The number of hydrogen-bond donors (Lipinski definition) is 4. The van der Waals surface area contributed by atoms with Gasteiger partial charge in [0.05, 0.1) is 6.42 Å². The number of carbonyl (C=O) groups excluding carboxylic acids is 4. The normalized spacial score (nSPS) is 12.3. The predicted molar refractivity (Wildman–Crippen MR) is 169 cm³/mol. The maximum Gasteiger partial charge on any atom is 0.251 e. The largest absolute Gasteiger partial charge is 0.354 e. The van der Waals surface area contributed by atoms with Crippen LogP contribution in [0.3, 0.4) is 0 Å². The van der Waals surface area contributed by atoms with Crippen LogP contribution >= 0.6 is 0 Å². The summed E-state index contributed by atoms with van der Waals surface area (Å²) in [6, 6.07) is 16.2. The predicted octanol–water partition coefficient (Wildman–Crippen LogP) is 4.85. The maximum atomic E-state index is 13.0. The second-order valence-electron chi connectivity index (χ2n) is 11.1. The zero-order valence-electron chi connectivity index (χ0n) is 25.2. The highest BCUT2D eigenvalue weighted by atomic mass is 16.2. The summed E-state index contributed by atoms with van der Waals surface area (Å²) in [4.78, 5) is 50.8. The lowest BCUT2D eigenvalue weighted by molar-refractivity contribution is -0.132. The highest BCUT2D eigenvalue weighted by molar-refractivity contribution is 5.95. The summed E-state index contributed by atoms with van der Waals surface area (Å²) in [6.07, 6.45) is 8.21. The molecule has 0 aliphatic carbocycles. The molecule has 0 fully saturated rings. The van der Waals surface area contributed by atoms with Crippen molar-refractivity contribution in [3.8, 4) is 11.1 Å². The highest BCUT2D eigenvalue weighted by Gasteiger charge is 2.25. The lowest BCUT2D eigenvalue weighted by atomic mass is 10.0. The molecule has 0 bridgehead atoms. The quantitative estimate of drug-likeness (QED) is 0.180. The van der Waals surface area contributed by atoms with Gasteiger partial charge in [-0.2, -0.15) is 0 Å². The summed E-state index contributed by atoms with van der Waals surface area (Å²) < 4.78 is 0. The molecule has 0 unspecified atom stereocenters. The fraction of sp³-hybridized carbons (Fsp3) is 0.353. The van der Waals surface area contributed by atoms with E-state index in [4.69, 9.17) is 0 Å². The minimum absolute atomic E-state index is 0.180. The number of rotatable bonds is 15. The van der Waals surface area contributed by atoms with Gasteiger partial charge in [0.25, 0.3) is 5.91 Å². The zero-order chi connectivity index (χ0) is 31.0. The molecule has 1 atom stereocenters. The monoisotopic (exact) mass is 572 g/mol. The van der Waals surface area contributed by atoms with E-state index in [2.05, 4.69) is 27.8 Å². The van der Waals surface area contributed by atoms with Crippen molar-refractivity contribution >= 4 is 23.6 Å². The van der Waals surface area contributed by atoms with Gasteiger partial charge in [-0.3, -0.25) is 19.2 Å². The first-order valence-electron chi connectivity index (χ1n) is 14.2. The molecule has 0 spiro atoms. The minimum atomic E-state index is -1.01. The fourth-order valence-corrected chi connectivity index (χ4v) is 4.02. The van der Waals surface area contributed by atoms with Crippen LogP contribution in [0.25, 0.3) is 11.1 Å². The number of amides is 4. The molecule has 2 rings (SSSR count). The molecule has 0 aliphatic rings. The van der Waals surface area contributed by atoms with E-state index in [1.165, 1.54) is 0 Å². The Labute approximate surface area is 249 Å². The van der Waals surface area contributed by atoms with Crippen molar-refractivity contribution in [2.45, 2.75) is 65.0 Å². The Bertz CT molecular complexity index is 1280. The van der Waals surface area contributed by atoms with Gasteiger partial charge >= 0.3 is 0 Å². The number of hydrogen-bond acceptors (Lipinski definition) is 4. The lowest BCUT2D eigenvalue weighted by Crippen LogP contribution is -2.51. The average molecular weight is 573 g/mol. The molecule has 8 heteroatoms. The Morgan fingerprint density at radius 2 is 1.55 bits per heavy atom. The fourth-order valence-electron chi connectivity index (χ4n) is 4.02. The third-order valence-electron chi connectivity index (χ3n) is 6.10. The molecule has 0 heterocycles. The molecule has 4 N–H and O–H groups in total. The van der Waals surface area contributed by atoms with Crippen LogP contribution in [0.5, 0.6) is 0 Å². The second-order valence-corrected chi connectivity index (χ2v) is 11.1. The first-order valence-corrected chi connectivity index (χ1v) is 14.2. The smallest absolute Gasteiger partial charge is 0.251 e. The molecular weight excluding hydrogens is 528 g/mol. The van der Waals surface area contributed by atoms with Gasteiger partial charge in [-0.15, -0.1) is 0 Å². The molecule has 2 aromatic carbocycles. The number of carbonyl (C=O) groups is 4. The van der Waals surface area contributed by atoms with Gasteiger partial charge < -0.3 is 21.3 Å². The van der Waals surface area contributed by atoms with Crippen LogP contribution in [0.15, 0.2) is 91.1 Å². The number of benzene rings is 2. The van der Waals surface area contributed by atoms with Gasteiger partial charge in [-0.25, -0.2) is 0 Å². The van der Waals surface area contributed by atoms with Gasteiger partial charge in [-0.05, 0) is 63.8 Å². The lowest BCUT2D eigenvalue weighted by Gasteiger charge is -2.23. The number of nitrogens with one attached hydrogen (secondary N) is 4. The molecule has 0 aromatic heterocycles. The third kappa shape index (κ3) is 13.3. The summed E-state index contributed by atoms with van der Waals surface area (Å²) in [6.45, 7) is 11.7. The van der Waals surface area contributed by atoms with Crippen LogP contribution in [0.4, 0.5) is 0 Å². The Kier molecular flexibility index (Phi) is 14.0. The second kappa shape index (κ2) is 17.4. The van der Waals surface area contributed by atoms with Crippen molar-refractivity contribution in [1.82, 2.24) is 21.3 Å². The summed E-state index contributed by atoms with van der Waals surface area (Å²) in [5, 5.41) is 11.2. The van der Waals surface area contributed by atoms with Crippen molar-refractivity contribution in [2.24, 2.45) is 0 Å². The van der Waals surface area contributed by atoms with E-state index in [1.807, 2.05) is 88.4 Å². The SMILES string of the molecule is C=C/C=C\C=C(/C)CCC(=O)N[C@@H](CC(=O)NC(C)(C)C)C(=O)NCCCNC(=O)c1cccc(-c2ccccc2)c1. The van der Waals surface area contributed by atoms with E-state index < -0.39 is 17.5 Å². The Hall–Kier alpha value is -4.46.